The molecule has 2 rings (SSSR count). The Bertz CT molecular complexity index is 509. The fourth-order valence-corrected chi connectivity index (χ4v) is 2.66. The second kappa shape index (κ2) is 5.98. The molecule has 1 unspecified atom stereocenters. The highest BCUT2D eigenvalue weighted by Crippen LogP contribution is 2.18. The zero-order chi connectivity index (χ0) is 13.9. The van der Waals surface area contributed by atoms with Crippen LogP contribution in [0.15, 0.2) is 6.33 Å². The fraction of sp³-hybridized carbons (Fsp3) is 0.818. The third-order valence-corrected chi connectivity index (χ3v) is 4.93. The maximum atomic E-state index is 12.0. The molecule has 1 aliphatic carbocycles. The highest BCUT2D eigenvalue weighted by molar-refractivity contribution is 7.90. The normalized spacial score (nSPS) is 17.6. The van der Waals surface area contributed by atoms with E-state index in [-0.39, 0.29) is 0 Å². The van der Waals surface area contributed by atoms with Crippen LogP contribution in [0.1, 0.15) is 25.6 Å². The van der Waals surface area contributed by atoms with Gasteiger partial charge in [0.05, 0.1) is 5.25 Å². The van der Waals surface area contributed by atoms with Crippen LogP contribution in [0.4, 0.5) is 0 Å². The molecular weight excluding hydrogens is 266 g/mol. The predicted molar refractivity (Wildman–Crippen MR) is 72.1 cm³/mol. The molecule has 7 nitrogen and oxygen atoms in total. The summed E-state index contributed by atoms with van der Waals surface area (Å²) >= 11 is 0. The third kappa shape index (κ3) is 4.55. The van der Waals surface area contributed by atoms with E-state index in [1.54, 1.807) is 25.0 Å². The standard InChI is InChI=1S/C11H21N5O2S/c1-9(7-12-10-3-4-10)19(17,18)14-6-5-11-13-8-16(2)15-11/h8-10,12,14H,3-7H2,1-2H3. The summed E-state index contributed by atoms with van der Waals surface area (Å²) in [4.78, 5) is 4.05. The van der Waals surface area contributed by atoms with Crippen molar-refractivity contribution in [2.45, 2.75) is 37.5 Å². The van der Waals surface area contributed by atoms with E-state index in [2.05, 4.69) is 20.1 Å². The lowest BCUT2D eigenvalue weighted by atomic mass is 10.4. The maximum Gasteiger partial charge on any atom is 0.215 e. The van der Waals surface area contributed by atoms with Crippen molar-refractivity contribution in [3.05, 3.63) is 12.2 Å². The van der Waals surface area contributed by atoms with Crippen LogP contribution in [0.25, 0.3) is 0 Å². The van der Waals surface area contributed by atoms with Crippen LogP contribution in [0.5, 0.6) is 0 Å². The van der Waals surface area contributed by atoms with Crippen molar-refractivity contribution in [1.29, 1.82) is 0 Å². The monoisotopic (exact) mass is 287 g/mol. The molecule has 2 N–H and O–H groups in total. The second-order valence-corrected chi connectivity index (χ2v) is 7.20. The van der Waals surface area contributed by atoms with Crippen molar-refractivity contribution in [1.82, 2.24) is 24.8 Å². The van der Waals surface area contributed by atoms with E-state index in [0.717, 1.165) is 12.8 Å². The quantitative estimate of drug-likeness (QED) is 0.667. The van der Waals surface area contributed by atoms with Crippen LogP contribution < -0.4 is 10.0 Å². The average Bonchev–Trinajstić information content (AvgIpc) is 3.09. The Balaban J connectivity index is 1.72. The lowest BCUT2D eigenvalue weighted by Crippen LogP contribution is -2.40. The Morgan fingerprint density at radius 1 is 1.53 bits per heavy atom. The van der Waals surface area contributed by atoms with Gasteiger partial charge in [-0.2, -0.15) is 5.10 Å². The predicted octanol–water partition coefficient (Wildman–Crippen LogP) is -0.582. The van der Waals surface area contributed by atoms with Gasteiger partial charge in [-0.05, 0) is 19.8 Å². The third-order valence-electron chi connectivity index (χ3n) is 3.10. The fourth-order valence-electron chi connectivity index (χ4n) is 1.68. The minimum atomic E-state index is -3.27. The molecule has 1 fully saturated rings. The summed E-state index contributed by atoms with van der Waals surface area (Å²) in [5, 5.41) is 6.90. The Kier molecular flexibility index (Phi) is 4.54. The first-order chi connectivity index (χ1) is 8.97. The van der Waals surface area contributed by atoms with E-state index in [0.29, 0.717) is 31.4 Å². The van der Waals surface area contributed by atoms with Gasteiger partial charge in [-0.15, -0.1) is 0 Å². The molecule has 0 spiro atoms. The number of hydrogen-bond acceptors (Lipinski definition) is 5. The van der Waals surface area contributed by atoms with E-state index in [9.17, 15) is 8.42 Å². The van der Waals surface area contributed by atoms with Crippen LogP contribution in [0.3, 0.4) is 0 Å². The summed E-state index contributed by atoms with van der Waals surface area (Å²) in [7, 11) is -1.48. The first-order valence-corrected chi connectivity index (χ1v) is 8.08. The van der Waals surface area contributed by atoms with E-state index in [4.69, 9.17) is 0 Å². The molecule has 1 aliphatic rings. The molecule has 0 aliphatic heterocycles. The molecule has 19 heavy (non-hydrogen) atoms. The van der Waals surface area contributed by atoms with E-state index in [1.165, 1.54) is 0 Å². The van der Waals surface area contributed by atoms with Gasteiger partial charge in [-0.25, -0.2) is 18.1 Å². The molecule has 0 amide bonds. The molecule has 108 valence electrons. The molecule has 0 radical (unpaired) electrons. The van der Waals surface area contributed by atoms with E-state index >= 15 is 0 Å². The van der Waals surface area contributed by atoms with Gasteiger partial charge >= 0.3 is 0 Å². The molecular formula is C11H21N5O2S. The summed E-state index contributed by atoms with van der Waals surface area (Å²) in [6, 6.07) is 0.523. The van der Waals surface area contributed by atoms with Crippen molar-refractivity contribution in [2.24, 2.45) is 7.05 Å². The molecule has 0 saturated heterocycles. The minimum Gasteiger partial charge on any atom is -0.313 e. The highest BCUT2D eigenvalue weighted by Gasteiger charge is 2.25. The van der Waals surface area contributed by atoms with Gasteiger partial charge in [0.15, 0.2) is 5.82 Å². The zero-order valence-corrected chi connectivity index (χ0v) is 12.2. The topological polar surface area (TPSA) is 88.9 Å². The molecule has 1 aromatic heterocycles. The van der Waals surface area contributed by atoms with Crippen molar-refractivity contribution in [2.75, 3.05) is 13.1 Å². The van der Waals surface area contributed by atoms with Crippen LogP contribution in [-0.2, 0) is 23.5 Å². The Morgan fingerprint density at radius 3 is 2.84 bits per heavy atom. The van der Waals surface area contributed by atoms with Crippen molar-refractivity contribution in [3.8, 4) is 0 Å². The molecule has 1 saturated carbocycles. The molecule has 1 atom stereocenters. The molecule has 1 heterocycles. The van der Waals surface area contributed by atoms with Gasteiger partial charge in [0.2, 0.25) is 10.0 Å². The van der Waals surface area contributed by atoms with Crippen LogP contribution in [-0.4, -0.2) is 47.6 Å². The van der Waals surface area contributed by atoms with Gasteiger partial charge in [0, 0.05) is 32.6 Å². The Hall–Kier alpha value is -0.990. The van der Waals surface area contributed by atoms with Gasteiger partial charge < -0.3 is 5.32 Å². The van der Waals surface area contributed by atoms with E-state index in [1.807, 2.05) is 0 Å². The lowest BCUT2D eigenvalue weighted by Gasteiger charge is -2.14. The second-order valence-electron chi connectivity index (χ2n) is 5.02. The number of hydrogen-bond donors (Lipinski definition) is 2. The first kappa shape index (κ1) is 14.4. The molecule has 0 aromatic carbocycles. The minimum absolute atomic E-state index is 0.333. The Labute approximate surface area is 113 Å². The number of nitrogens with zero attached hydrogens (tertiary/aromatic N) is 3. The molecule has 1 aromatic rings. The number of aromatic nitrogens is 3. The van der Waals surface area contributed by atoms with Crippen LogP contribution >= 0.6 is 0 Å². The Morgan fingerprint density at radius 2 is 2.26 bits per heavy atom. The summed E-state index contributed by atoms with van der Waals surface area (Å²) in [5.41, 5.74) is 0. The summed E-state index contributed by atoms with van der Waals surface area (Å²) in [6.07, 6.45) is 4.42. The van der Waals surface area contributed by atoms with Crippen LogP contribution in [0, 0.1) is 0 Å². The number of rotatable bonds is 8. The summed E-state index contributed by atoms with van der Waals surface area (Å²) in [6.45, 7) is 2.55. The zero-order valence-electron chi connectivity index (χ0n) is 11.3. The first-order valence-electron chi connectivity index (χ1n) is 6.54. The van der Waals surface area contributed by atoms with Crippen LogP contribution in [0.2, 0.25) is 0 Å². The number of nitrogens with one attached hydrogen (secondary N) is 2. The average molecular weight is 287 g/mol. The van der Waals surface area contributed by atoms with Crippen molar-refractivity contribution in [3.63, 3.8) is 0 Å². The summed E-state index contributed by atoms with van der Waals surface area (Å²) in [5.74, 6) is 0.647. The molecule has 8 heteroatoms. The molecule has 0 bridgehead atoms. The van der Waals surface area contributed by atoms with Gasteiger partial charge in [0.1, 0.15) is 6.33 Å². The smallest absolute Gasteiger partial charge is 0.215 e. The number of aryl methyl sites for hydroxylation is 1. The van der Waals surface area contributed by atoms with Gasteiger partial charge in [0.25, 0.3) is 0 Å². The highest BCUT2D eigenvalue weighted by atomic mass is 32.2. The maximum absolute atomic E-state index is 12.0. The van der Waals surface area contributed by atoms with Crippen molar-refractivity contribution < 1.29 is 8.42 Å². The van der Waals surface area contributed by atoms with Gasteiger partial charge in [-0.3, -0.25) is 4.68 Å². The van der Waals surface area contributed by atoms with Gasteiger partial charge in [-0.1, -0.05) is 0 Å². The summed E-state index contributed by atoms with van der Waals surface area (Å²) < 4.78 is 28.1. The number of sulfonamides is 1. The van der Waals surface area contributed by atoms with Crippen molar-refractivity contribution >= 4 is 10.0 Å². The SMILES string of the molecule is CC(CNC1CC1)S(=O)(=O)NCCc1ncn(C)n1. The lowest BCUT2D eigenvalue weighted by molar-refractivity contribution is 0.556. The van der Waals surface area contributed by atoms with E-state index < -0.39 is 15.3 Å². The largest absolute Gasteiger partial charge is 0.313 e.